The van der Waals surface area contributed by atoms with E-state index >= 15 is 0 Å². The van der Waals surface area contributed by atoms with Crippen LogP contribution in [0.1, 0.15) is 18.1 Å². The summed E-state index contributed by atoms with van der Waals surface area (Å²) >= 11 is 12.2. The van der Waals surface area contributed by atoms with E-state index in [1.165, 1.54) is 11.0 Å². The summed E-state index contributed by atoms with van der Waals surface area (Å²) in [7, 11) is -2.02. The number of aliphatic imine (C=N–C) groups is 1. The second kappa shape index (κ2) is 7.50. The Balaban J connectivity index is 1.80. The number of amidine groups is 1. The molecule has 9 heteroatoms. The number of benzene rings is 2. The lowest BCUT2D eigenvalue weighted by molar-refractivity contribution is -0.131. The first-order chi connectivity index (χ1) is 12.7. The van der Waals surface area contributed by atoms with Gasteiger partial charge in [-0.15, -0.1) is 0 Å². The molecule has 0 aromatic heterocycles. The molecule has 142 valence electrons. The number of hydrogen-bond donors (Lipinski definition) is 1. The van der Waals surface area contributed by atoms with Crippen LogP contribution in [0.2, 0.25) is 10.0 Å². The minimum absolute atomic E-state index is 0.155. The summed E-state index contributed by atoms with van der Waals surface area (Å²) in [5.41, 5.74) is 1.17. The van der Waals surface area contributed by atoms with Crippen molar-refractivity contribution in [2.75, 3.05) is 7.05 Å². The number of amides is 1. The SMILES string of the molecule is C[C@@H](N=C1NS(=O)(=O)c2ccccc21)C(=O)N(C)Cc1cccc(Cl)c1Cl. The number of hydrogen-bond acceptors (Lipinski definition) is 4. The summed E-state index contributed by atoms with van der Waals surface area (Å²) in [5, 5.41) is 0.815. The van der Waals surface area contributed by atoms with Gasteiger partial charge in [0.2, 0.25) is 5.91 Å². The van der Waals surface area contributed by atoms with E-state index in [2.05, 4.69) is 9.71 Å². The first kappa shape index (κ1) is 19.7. The zero-order valence-corrected chi connectivity index (χ0v) is 16.9. The molecule has 0 spiro atoms. The van der Waals surface area contributed by atoms with E-state index in [1.807, 2.05) is 0 Å². The number of fused-ring (bicyclic) bond motifs is 1. The van der Waals surface area contributed by atoms with Gasteiger partial charge in [0.05, 0.1) is 14.9 Å². The molecule has 0 bridgehead atoms. The molecule has 0 radical (unpaired) electrons. The summed E-state index contributed by atoms with van der Waals surface area (Å²) in [6.45, 7) is 1.87. The number of likely N-dealkylation sites (N-methyl/N-ethyl adjacent to an activating group) is 1. The number of carbonyl (C=O) groups excluding carboxylic acids is 1. The molecular weight excluding hydrogens is 409 g/mol. The van der Waals surface area contributed by atoms with Crippen LogP contribution in [0, 0.1) is 0 Å². The van der Waals surface area contributed by atoms with Gasteiger partial charge < -0.3 is 4.90 Å². The molecule has 1 heterocycles. The van der Waals surface area contributed by atoms with E-state index in [1.54, 1.807) is 50.4 Å². The Bertz CT molecular complexity index is 1040. The van der Waals surface area contributed by atoms with Gasteiger partial charge in [-0.25, -0.2) is 8.42 Å². The topological polar surface area (TPSA) is 78.8 Å². The van der Waals surface area contributed by atoms with E-state index < -0.39 is 16.1 Å². The van der Waals surface area contributed by atoms with E-state index in [9.17, 15) is 13.2 Å². The molecule has 6 nitrogen and oxygen atoms in total. The molecule has 0 fully saturated rings. The third-order valence-electron chi connectivity index (χ3n) is 4.16. The van der Waals surface area contributed by atoms with Crippen molar-refractivity contribution in [3.05, 3.63) is 63.6 Å². The van der Waals surface area contributed by atoms with Gasteiger partial charge in [-0.3, -0.25) is 14.5 Å². The number of nitrogens with one attached hydrogen (secondary N) is 1. The van der Waals surface area contributed by atoms with Crippen LogP contribution in [0.15, 0.2) is 52.4 Å². The number of sulfonamides is 1. The lowest BCUT2D eigenvalue weighted by atomic mass is 10.2. The fourth-order valence-electron chi connectivity index (χ4n) is 2.80. The molecule has 1 atom stereocenters. The molecule has 0 unspecified atom stereocenters. The summed E-state index contributed by atoms with van der Waals surface area (Å²) in [6.07, 6.45) is 0. The van der Waals surface area contributed by atoms with Crippen LogP contribution in [0.4, 0.5) is 0 Å². The van der Waals surface area contributed by atoms with Crippen LogP contribution >= 0.6 is 23.2 Å². The second-order valence-corrected chi connectivity index (χ2v) is 8.60. The number of rotatable bonds is 4. The highest BCUT2D eigenvalue weighted by Crippen LogP contribution is 2.27. The second-order valence-electron chi connectivity index (χ2n) is 6.16. The van der Waals surface area contributed by atoms with Crippen LogP contribution in [0.25, 0.3) is 0 Å². The van der Waals surface area contributed by atoms with Crippen LogP contribution in [0.3, 0.4) is 0 Å². The van der Waals surface area contributed by atoms with Gasteiger partial charge in [0.15, 0.2) is 0 Å². The van der Waals surface area contributed by atoms with Gasteiger partial charge >= 0.3 is 0 Å². The average Bonchev–Trinajstić information content (AvgIpc) is 2.89. The van der Waals surface area contributed by atoms with Crippen molar-refractivity contribution in [2.45, 2.75) is 24.4 Å². The molecule has 27 heavy (non-hydrogen) atoms. The Morgan fingerprint density at radius 1 is 1.19 bits per heavy atom. The van der Waals surface area contributed by atoms with Gasteiger partial charge in [0.1, 0.15) is 11.9 Å². The van der Waals surface area contributed by atoms with Crippen LogP contribution in [-0.4, -0.2) is 38.2 Å². The Morgan fingerprint density at radius 2 is 1.89 bits per heavy atom. The Hall–Kier alpha value is -2.09. The van der Waals surface area contributed by atoms with Gasteiger partial charge in [-0.05, 0) is 30.7 Å². The molecular formula is C18H17Cl2N3O3S. The smallest absolute Gasteiger partial charge is 0.263 e. The van der Waals surface area contributed by atoms with E-state index in [4.69, 9.17) is 23.2 Å². The molecule has 0 aliphatic carbocycles. The highest BCUT2D eigenvalue weighted by molar-refractivity contribution is 7.90. The molecule has 2 aromatic carbocycles. The molecule has 1 N–H and O–H groups in total. The van der Waals surface area contributed by atoms with Crippen molar-refractivity contribution in [1.29, 1.82) is 0 Å². The van der Waals surface area contributed by atoms with Crippen LogP contribution in [-0.2, 0) is 21.4 Å². The predicted octanol–water partition coefficient (Wildman–Crippen LogP) is 3.08. The van der Waals surface area contributed by atoms with Crippen molar-refractivity contribution in [2.24, 2.45) is 4.99 Å². The monoisotopic (exact) mass is 425 g/mol. The molecule has 1 aliphatic rings. The molecule has 2 aromatic rings. The largest absolute Gasteiger partial charge is 0.340 e. The number of halogens is 2. The lowest BCUT2D eigenvalue weighted by Crippen LogP contribution is -2.35. The highest BCUT2D eigenvalue weighted by Gasteiger charge is 2.31. The lowest BCUT2D eigenvalue weighted by Gasteiger charge is -2.20. The molecule has 0 saturated carbocycles. The van der Waals surface area contributed by atoms with E-state index in [-0.39, 0.29) is 23.2 Å². The van der Waals surface area contributed by atoms with Gasteiger partial charge in [0.25, 0.3) is 10.0 Å². The normalized spacial score (nSPS) is 17.3. The molecule has 0 saturated heterocycles. The first-order valence-corrected chi connectivity index (χ1v) is 10.3. The fraction of sp³-hybridized carbons (Fsp3) is 0.222. The number of carbonyl (C=O) groups is 1. The molecule has 1 aliphatic heterocycles. The summed E-state index contributed by atoms with van der Waals surface area (Å²) in [5.74, 6) is -0.109. The van der Waals surface area contributed by atoms with Gasteiger partial charge in [0, 0.05) is 19.2 Å². The Morgan fingerprint density at radius 3 is 2.63 bits per heavy atom. The highest BCUT2D eigenvalue weighted by atomic mass is 35.5. The van der Waals surface area contributed by atoms with Crippen molar-refractivity contribution in [3.63, 3.8) is 0 Å². The fourth-order valence-corrected chi connectivity index (χ4v) is 4.42. The van der Waals surface area contributed by atoms with Gasteiger partial charge in [-0.2, -0.15) is 0 Å². The van der Waals surface area contributed by atoms with Crippen molar-refractivity contribution in [3.8, 4) is 0 Å². The Labute approximate surface area is 167 Å². The van der Waals surface area contributed by atoms with E-state index in [0.717, 1.165) is 0 Å². The molecule has 3 rings (SSSR count). The van der Waals surface area contributed by atoms with Crippen molar-refractivity contribution < 1.29 is 13.2 Å². The number of nitrogens with zero attached hydrogens (tertiary/aromatic N) is 2. The van der Waals surface area contributed by atoms with Crippen molar-refractivity contribution in [1.82, 2.24) is 9.62 Å². The minimum Gasteiger partial charge on any atom is -0.340 e. The third kappa shape index (κ3) is 3.95. The quantitative estimate of drug-likeness (QED) is 0.816. The summed E-state index contributed by atoms with van der Waals surface area (Å²) < 4.78 is 26.7. The minimum atomic E-state index is -3.64. The molecule has 1 amide bonds. The third-order valence-corrected chi connectivity index (χ3v) is 6.41. The Kier molecular flexibility index (Phi) is 5.46. The summed E-state index contributed by atoms with van der Waals surface area (Å²) in [4.78, 5) is 18.6. The van der Waals surface area contributed by atoms with E-state index in [0.29, 0.717) is 21.2 Å². The first-order valence-electron chi connectivity index (χ1n) is 8.08. The zero-order chi connectivity index (χ0) is 19.8. The standard InChI is InChI=1S/C18H17Cl2N3O3S/c1-11(18(24)23(2)10-12-6-5-8-14(19)16(12)20)21-17-13-7-3-4-9-15(13)27(25,26)22-17/h3-9,11H,10H2,1-2H3,(H,21,22)/t11-/m1/s1. The predicted molar refractivity (Wildman–Crippen MR) is 106 cm³/mol. The maximum atomic E-state index is 12.7. The summed E-state index contributed by atoms with van der Waals surface area (Å²) in [6, 6.07) is 10.9. The zero-order valence-electron chi connectivity index (χ0n) is 14.6. The average molecular weight is 426 g/mol. The van der Waals surface area contributed by atoms with Crippen LogP contribution in [0.5, 0.6) is 0 Å². The van der Waals surface area contributed by atoms with Crippen molar-refractivity contribution >= 4 is 45.0 Å². The van der Waals surface area contributed by atoms with Crippen LogP contribution < -0.4 is 4.72 Å². The van der Waals surface area contributed by atoms with Gasteiger partial charge in [-0.1, -0.05) is 47.5 Å². The maximum Gasteiger partial charge on any atom is 0.263 e. The maximum absolute atomic E-state index is 12.7.